The second kappa shape index (κ2) is 6.89. The van der Waals surface area contributed by atoms with Crippen LogP contribution in [0.15, 0.2) is 46.1 Å². The van der Waals surface area contributed by atoms with Crippen molar-refractivity contribution < 1.29 is 13.2 Å². The lowest BCUT2D eigenvalue weighted by Crippen LogP contribution is -2.24. The van der Waals surface area contributed by atoms with Gasteiger partial charge in [-0.25, -0.2) is 17.8 Å². The van der Waals surface area contributed by atoms with Gasteiger partial charge in [0.2, 0.25) is 10.0 Å². The third-order valence-electron chi connectivity index (χ3n) is 3.17. The number of benzene rings is 1. The lowest BCUT2D eigenvalue weighted by Gasteiger charge is -2.10. The Balaban J connectivity index is 1.77. The summed E-state index contributed by atoms with van der Waals surface area (Å²) >= 11 is 7.42. The molecule has 2 heterocycles. The maximum absolute atomic E-state index is 12.5. The van der Waals surface area contributed by atoms with Crippen molar-refractivity contribution in [3.63, 3.8) is 0 Å². The summed E-state index contributed by atoms with van der Waals surface area (Å²) in [6.07, 6.45) is 1.67. The minimum Gasteiger partial charge on any atom is -0.495 e. The molecule has 0 aliphatic heterocycles. The molecule has 10 heteroatoms. The van der Waals surface area contributed by atoms with E-state index in [-0.39, 0.29) is 17.2 Å². The van der Waals surface area contributed by atoms with Crippen LogP contribution in [0.3, 0.4) is 0 Å². The number of ether oxygens (including phenoxy) is 1. The van der Waals surface area contributed by atoms with Crippen molar-refractivity contribution in [2.75, 3.05) is 7.11 Å². The normalized spacial score (nSPS) is 11.6. The van der Waals surface area contributed by atoms with Gasteiger partial charge in [0.05, 0.1) is 31.2 Å². The summed E-state index contributed by atoms with van der Waals surface area (Å²) < 4.78 is 34.1. The molecule has 0 bridgehead atoms. The lowest BCUT2D eigenvalue weighted by molar-refractivity contribution is 0.402. The Bertz CT molecular complexity index is 939. The number of hydrogen-bond acceptors (Lipinski definition) is 6. The second-order valence-corrected chi connectivity index (χ2v) is 7.71. The summed E-state index contributed by atoms with van der Waals surface area (Å²) in [6.45, 7) is 0.00212. The van der Waals surface area contributed by atoms with Crippen molar-refractivity contribution in [2.45, 2.75) is 11.4 Å². The van der Waals surface area contributed by atoms with Crippen LogP contribution in [0.4, 0.5) is 0 Å². The molecule has 0 spiro atoms. The Hall–Kier alpha value is -1.94. The summed E-state index contributed by atoms with van der Waals surface area (Å²) in [5, 5.41) is 12.1. The Kier molecular flexibility index (Phi) is 4.86. The largest absolute Gasteiger partial charge is 0.495 e. The van der Waals surface area contributed by atoms with Crippen LogP contribution in [-0.4, -0.2) is 30.5 Å². The van der Waals surface area contributed by atoms with Gasteiger partial charge in [-0.05, 0) is 29.6 Å². The number of aromatic nitrogens is 3. The number of thiophene rings is 1. The minimum atomic E-state index is -3.80. The number of halogens is 1. The zero-order valence-corrected chi connectivity index (χ0v) is 14.9. The topological polar surface area (TPSA) is 86.1 Å². The van der Waals surface area contributed by atoms with E-state index in [1.165, 1.54) is 30.6 Å². The van der Waals surface area contributed by atoms with Gasteiger partial charge >= 0.3 is 0 Å². The molecule has 0 saturated heterocycles. The van der Waals surface area contributed by atoms with Gasteiger partial charge in [0.1, 0.15) is 10.6 Å². The minimum absolute atomic E-state index is 0.00212. The van der Waals surface area contributed by atoms with Crippen molar-refractivity contribution in [3.8, 4) is 11.4 Å². The van der Waals surface area contributed by atoms with Crippen LogP contribution in [0.2, 0.25) is 5.02 Å². The Morgan fingerprint density at radius 3 is 2.92 bits per heavy atom. The average Bonchev–Trinajstić information content (AvgIpc) is 3.24. The maximum Gasteiger partial charge on any atom is 0.244 e. The Morgan fingerprint density at radius 2 is 2.21 bits per heavy atom. The zero-order chi connectivity index (χ0) is 17.2. The van der Waals surface area contributed by atoms with E-state index in [1.807, 2.05) is 16.8 Å². The molecule has 7 nitrogen and oxygen atoms in total. The zero-order valence-electron chi connectivity index (χ0n) is 12.5. The van der Waals surface area contributed by atoms with Crippen molar-refractivity contribution in [1.29, 1.82) is 0 Å². The van der Waals surface area contributed by atoms with Gasteiger partial charge in [-0.2, -0.15) is 11.3 Å². The molecule has 1 N–H and O–H groups in total. The van der Waals surface area contributed by atoms with Crippen LogP contribution in [-0.2, 0) is 16.6 Å². The number of nitrogens with zero attached hydrogens (tertiary/aromatic N) is 3. The molecular weight excluding hydrogens is 372 g/mol. The van der Waals surface area contributed by atoms with Gasteiger partial charge in [0.15, 0.2) is 0 Å². The van der Waals surface area contributed by atoms with Crippen LogP contribution in [0, 0.1) is 0 Å². The Morgan fingerprint density at radius 1 is 1.38 bits per heavy atom. The molecule has 0 saturated carbocycles. The first kappa shape index (κ1) is 16.9. The van der Waals surface area contributed by atoms with Crippen molar-refractivity contribution in [1.82, 2.24) is 19.7 Å². The highest BCUT2D eigenvalue weighted by atomic mass is 35.5. The van der Waals surface area contributed by atoms with Gasteiger partial charge in [0.25, 0.3) is 0 Å². The van der Waals surface area contributed by atoms with Gasteiger partial charge < -0.3 is 4.74 Å². The van der Waals surface area contributed by atoms with E-state index in [4.69, 9.17) is 16.3 Å². The van der Waals surface area contributed by atoms with E-state index in [2.05, 4.69) is 15.0 Å². The SMILES string of the molecule is COc1ccc(Cl)cc1S(=O)(=O)NCc1cn(-c2ccsc2)nn1. The number of methoxy groups -OCH3 is 1. The fourth-order valence-corrected chi connectivity index (χ4v) is 4.05. The summed E-state index contributed by atoms with van der Waals surface area (Å²) in [5.41, 5.74) is 1.36. The molecule has 2 aromatic heterocycles. The first-order chi connectivity index (χ1) is 11.5. The van der Waals surface area contributed by atoms with Gasteiger partial charge in [-0.1, -0.05) is 16.8 Å². The van der Waals surface area contributed by atoms with E-state index in [1.54, 1.807) is 16.9 Å². The van der Waals surface area contributed by atoms with E-state index in [9.17, 15) is 8.42 Å². The van der Waals surface area contributed by atoms with Gasteiger partial charge in [0, 0.05) is 10.4 Å². The van der Waals surface area contributed by atoms with E-state index < -0.39 is 10.0 Å². The molecule has 24 heavy (non-hydrogen) atoms. The van der Waals surface area contributed by atoms with Crippen LogP contribution in [0.25, 0.3) is 5.69 Å². The van der Waals surface area contributed by atoms with Gasteiger partial charge in [-0.15, -0.1) is 5.10 Å². The van der Waals surface area contributed by atoms with Crippen LogP contribution >= 0.6 is 22.9 Å². The van der Waals surface area contributed by atoms with E-state index in [0.29, 0.717) is 10.7 Å². The molecule has 3 aromatic rings. The van der Waals surface area contributed by atoms with E-state index >= 15 is 0 Å². The fourth-order valence-electron chi connectivity index (χ4n) is 2.00. The summed E-state index contributed by atoms with van der Waals surface area (Å²) in [5.74, 6) is 0.217. The standard InChI is InChI=1S/C14H13ClN4O3S2/c1-22-13-3-2-10(15)6-14(13)24(20,21)16-7-11-8-19(18-17-11)12-4-5-23-9-12/h2-6,8-9,16H,7H2,1H3. The monoisotopic (exact) mass is 384 g/mol. The smallest absolute Gasteiger partial charge is 0.244 e. The molecule has 0 aliphatic carbocycles. The number of hydrogen-bond donors (Lipinski definition) is 1. The fraction of sp³-hybridized carbons (Fsp3) is 0.143. The molecule has 1 aromatic carbocycles. The van der Waals surface area contributed by atoms with Crippen molar-refractivity contribution in [3.05, 3.63) is 51.9 Å². The molecular formula is C14H13ClN4O3S2. The molecule has 0 atom stereocenters. The average molecular weight is 385 g/mol. The van der Waals surface area contributed by atoms with Crippen LogP contribution in [0.5, 0.6) is 5.75 Å². The van der Waals surface area contributed by atoms with Crippen LogP contribution in [0.1, 0.15) is 5.69 Å². The lowest BCUT2D eigenvalue weighted by atomic mass is 10.3. The molecule has 3 rings (SSSR count). The molecule has 126 valence electrons. The molecule has 0 radical (unpaired) electrons. The maximum atomic E-state index is 12.5. The quantitative estimate of drug-likeness (QED) is 0.705. The highest BCUT2D eigenvalue weighted by Gasteiger charge is 2.20. The third kappa shape index (κ3) is 3.59. The predicted octanol–water partition coefficient (Wildman–Crippen LogP) is 2.47. The first-order valence-electron chi connectivity index (χ1n) is 6.76. The first-order valence-corrected chi connectivity index (χ1v) is 9.57. The van der Waals surface area contributed by atoms with E-state index in [0.717, 1.165) is 5.69 Å². The second-order valence-electron chi connectivity index (χ2n) is 4.76. The van der Waals surface area contributed by atoms with Gasteiger partial charge in [-0.3, -0.25) is 0 Å². The molecule has 0 fully saturated rings. The number of sulfonamides is 1. The number of nitrogens with one attached hydrogen (secondary N) is 1. The van der Waals surface area contributed by atoms with Crippen molar-refractivity contribution >= 4 is 33.0 Å². The molecule has 0 aliphatic rings. The molecule has 0 unspecified atom stereocenters. The highest BCUT2D eigenvalue weighted by molar-refractivity contribution is 7.89. The highest BCUT2D eigenvalue weighted by Crippen LogP contribution is 2.26. The summed E-state index contributed by atoms with van der Waals surface area (Å²) in [7, 11) is -2.41. The van der Waals surface area contributed by atoms with Crippen molar-refractivity contribution in [2.24, 2.45) is 0 Å². The number of rotatable bonds is 6. The van der Waals surface area contributed by atoms with Crippen LogP contribution < -0.4 is 9.46 Å². The predicted molar refractivity (Wildman–Crippen MR) is 91.3 cm³/mol. The summed E-state index contributed by atoms with van der Waals surface area (Å²) in [4.78, 5) is -0.0253. The summed E-state index contributed by atoms with van der Waals surface area (Å²) in [6, 6.07) is 6.30. The Labute approximate surface area is 147 Å². The third-order valence-corrected chi connectivity index (χ3v) is 5.50. The molecule has 0 amide bonds.